The first-order chi connectivity index (χ1) is 18.1. The van der Waals surface area contributed by atoms with Crippen molar-refractivity contribution in [1.82, 2.24) is 5.32 Å². The molecule has 202 valence electrons. The summed E-state index contributed by atoms with van der Waals surface area (Å²) in [5.74, 6) is -1.59. The van der Waals surface area contributed by atoms with E-state index in [1.54, 1.807) is 74.5 Å². The second-order valence-electron chi connectivity index (χ2n) is 8.72. The predicted molar refractivity (Wildman–Crippen MR) is 147 cm³/mol. The van der Waals surface area contributed by atoms with Crippen molar-refractivity contribution in [3.63, 3.8) is 0 Å². The van der Waals surface area contributed by atoms with Crippen LogP contribution in [-0.2, 0) is 32.5 Å². The number of hydrogen-bond acceptors (Lipinski definition) is 5. The van der Waals surface area contributed by atoms with E-state index in [-0.39, 0.29) is 30.8 Å². The monoisotopic (exact) mass is 577 g/mol. The summed E-state index contributed by atoms with van der Waals surface area (Å²) in [5, 5.41) is 13.3. The molecule has 7 nitrogen and oxygen atoms in total. The summed E-state index contributed by atoms with van der Waals surface area (Å²) < 4.78 is 30.9. The molecule has 0 aromatic heterocycles. The van der Waals surface area contributed by atoms with Gasteiger partial charge in [-0.1, -0.05) is 73.4 Å². The maximum Gasteiger partial charge on any atom is 0.326 e. The molecule has 0 saturated heterocycles. The molecule has 0 aliphatic carbocycles. The van der Waals surface area contributed by atoms with Crippen LogP contribution in [0.3, 0.4) is 0 Å². The van der Waals surface area contributed by atoms with Crippen LogP contribution in [0, 0.1) is 0 Å². The van der Waals surface area contributed by atoms with Crippen molar-refractivity contribution < 1.29 is 27.9 Å². The maximum atomic E-state index is 13.5. The first kappa shape index (κ1) is 29.5. The normalized spacial score (nSPS) is 12.5. The quantitative estimate of drug-likeness (QED) is 0.285. The van der Waals surface area contributed by atoms with Gasteiger partial charge >= 0.3 is 5.97 Å². The van der Waals surface area contributed by atoms with Gasteiger partial charge in [0, 0.05) is 22.0 Å². The third-order valence-corrected chi connectivity index (χ3v) is 9.93. The van der Waals surface area contributed by atoms with Crippen molar-refractivity contribution in [2.24, 2.45) is 0 Å². The minimum absolute atomic E-state index is 0.0133. The van der Waals surface area contributed by atoms with Crippen LogP contribution >= 0.6 is 23.2 Å². The fourth-order valence-electron chi connectivity index (χ4n) is 4.17. The Morgan fingerprint density at radius 2 is 1.50 bits per heavy atom. The molecule has 1 amide bonds. The third kappa shape index (κ3) is 6.31. The molecule has 0 bridgehead atoms. The number of carboxylic acid groups (broad SMARTS) is 1. The maximum absolute atomic E-state index is 13.5. The molecule has 0 heterocycles. The minimum atomic E-state index is -4.09. The van der Waals surface area contributed by atoms with Crippen molar-refractivity contribution in [2.75, 3.05) is 0 Å². The van der Waals surface area contributed by atoms with E-state index in [0.29, 0.717) is 26.9 Å². The zero-order chi connectivity index (χ0) is 27.9. The number of carboxylic acids is 1. The average Bonchev–Trinajstić information content (AvgIpc) is 2.90. The van der Waals surface area contributed by atoms with Gasteiger partial charge in [-0.3, -0.25) is 4.79 Å². The summed E-state index contributed by atoms with van der Waals surface area (Å²) in [6.45, 7) is 3.36. The molecule has 1 atom stereocenters. The SMILES string of the molecule is CCC(CC)(C(=O)N[C@@H](Cc1ccc(OCc2c(Cl)cccc2Cl)cc1)C(=O)O)S(=O)(=O)c1ccccc1. The van der Waals surface area contributed by atoms with E-state index in [1.165, 1.54) is 12.1 Å². The largest absolute Gasteiger partial charge is 0.489 e. The lowest BCUT2D eigenvalue weighted by molar-refractivity contribution is -0.142. The molecule has 3 aromatic rings. The van der Waals surface area contributed by atoms with Crippen molar-refractivity contribution >= 4 is 44.9 Å². The van der Waals surface area contributed by atoms with Gasteiger partial charge in [0.2, 0.25) is 5.91 Å². The van der Waals surface area contributed by atoms with Crippen molar-refractivity contribution in [1.29, 1.82) is 0 Å². The number of ether oxygens (including phenoxy) is 1. The summed E-state index contributed by atoms with van der Waals surface area (Å²) in [4.78, 5) is 25.4. The fourth-order valence-corrected chi connectivity index (χ4v) is 6.71. The Bertz CT molecular complexity index is 1350. The smallest absolute Gasteiger partial charge is 0.326 e. The van der Waals surface area contributed by atoms with E-state index in [1.807, 2.05) is 0 Å². The lowest BCUT2D eigenvalue weighted by Crippen LogP contribution is -2.56. The van der Waals surface area contributed by atoms with E-state index < -0.39 is 32.5 Å². The highest BCUT2D eigenvalue weighted by Crippen LogP contribution is 2.33. The number of hydrogen-bond donors (Lipinski definition) is 2. The number of nitrogens with one attached hydrogen (secondary N) is 1. The van der Waals surface area contributed by atoms with E-state index in [9.17, 15) is 23.1 Å². The molecule has 0 aliphatic rings. The molecular formula is C28H29Cl2NO6S. The summed E-state index contributed by atoms with van der Waals surface area (Å²) in [5.41, 5.74) is 1.26. The molecule has 0 unspecified atom stereocenters. The molecular weight excluding hydrogens is 549 g/mol. The van der Waals surface area contributed by atoms with Gasteiger partial charge in [-0.2, -0.15) is 0 Å². The number of benzene rings is 3. The molecule has 3 rings (SSSR count). The van der Waals surface area contributed by atoms with E-state index in [0.717, 1.165) is 0 Å². The standard InChI is InChI=1S/C28H29Cl2NO6S/c1-3-28(4-2,38(35,36)21-9-6-5-7-10-21)27(34)31-25(26(32)33)17-19-13-15-20(16-14-19)37-18-22-23(29)11-8-12-24(22)30/h5-16,25H,3-4,17-18H2,1-2H3,(H,31,34)(H,32,33)/t25-/m0/s1. The Morgan fingerprint density at radius 1 is 0.921 bits per heavy atom. The number of rotatable bonds is 12. The molecule has 10 heteroatoms. The zero-order valence-corrected chi connectivity index (χ0v) is 23.3. The fraction of sp³-hybridized carbons (Fsp3) is 0.286. The van der Waals surface area contributed by atoms with Crippen LogP contribution in [0.4, 0.5) is 0 Å². The third-order valence-electron chi connectivity index (χ3n) is 6.54. The topological polar surface area (TPSA) is 110 Å². The van der Waals surface area contributed by atoms with Crippen LogP contribution in [0.5, 0.6) is 5.75 Å². The second kappa shape index (κ2) is 12.7. The van der Waals surface area contributed by atoms with Crippen LogP contribution in [0.2, 0.25) is 10.0 Å². The zero-order valence-electron chi connectivity index (χ0n) is 21.0. The van der Waals surface area contributed by atoms with Crippen molar-refractivity contribution in [3.05, 3.63) is 94.0 Å². The van der Waals surface area contributed by atoms with Crippen molar-refractivity contribution in [2.45, 2.75) is 55.4 Å². The molecule has 0 saturated carbocycles. The van der Waals surface area contributed by atoms with Crippen LogP contribution in [0.1, 0.15) is 37.8 Å². The Labute approximate surface area is 232 Å². The lowest BCUT2D eigenvalue weighted by Gasteiger charge is -2.31. The molecule has 0 spiro atoms. The van der Waals surface area contributed by atoms with E-state index in [2.05, 4.69) is 5.32 Å². The van der Waals surface area contributed by atoms with Crippen LogP contribution < -0.4 is 10.1 Å². The molecule has 0 aliphatic heterocycles. The van der Waals surface area contributed by atoms with Crippen molar-refractivity contribution in [3.8, 4) is 5.75 Å². The molecule has 0 radical (unpaired) electrons. The summed E-state index contributed by atoms with van der Waals surface area (Å²) in [7, 11) is -4.09. The van der Waals surface area contributed by atoms with Gasteiger partial charge in [-0.15, -0.1) is 0 Å². The highest BCUT2D eigenvalue weighted by molar-refractivity contribution is 7.93. The molecule has 0 fully saturated rings. The van der Waals surface area contributed by atoms with Gasteiger partial charge in [0.15, 0.2) is 14.6 Å². The van der Waals surface area contributed by atoms with Gasteiger partial charge in [0.1, 0.15) is 18.4 Å². The summed E-state index contributed by atoms with van der Waals surface area (Å²) >= 11 is 12.3. The average molecular weight is 579 g/mol. The van der Waals surface area contributed by atoms with Gasteiger partial charge < -0.3 is 15.2 Å². The van der Waals surface area contributed by atoms with Crippen LogP contribution in [0.15, 0.2) is 77.7 Å². The summed E-state index contributed by atoms with van der Waals surface area (Å²) in [6, 6.07) is 18.2. The molecule has 2 N–H and O–H groups in total. The minimum Gasteiger partial charge on any atom is -0.489 e. The van der Waals surface area contributed by atoms with Gasteiger partial charge in [0.25, 0.3) is 0 Å². The Morgan fingerprint density at radius 3 is 2.03 bits per heavy atom. The number of halogens is 2. The van der Waals surface area contributed by atoms with Gasteiger partial charge in [-0.25, -0.2) is 13.2 Å². The van der Waals surface area contributed by atoms with E-state index in [4.69, 9.17) is 27.9 Å². The van der Waals surface area contributed by atoms with Crippen LogP contribution in [-0.4, -0.2) is 36.2 Å². The highest BCUT2D eigenvalue weighted by atomic mass is 35.5. The predicted octanol–water partition coefficient (Wildman–Crippen LogP) is 5.72. The first-order valence-corrected chi connectivity index (χ1v) is 14.3. The number of sulfone groups is 1. The number of carbonyl (C=O) groups excluding carboxylic acids is 1. The second-order valence-corrected chi connectivity index (χ2v) is 11.8. The molecule has 38 heavy (non-hydrogen) atoms. The lowest BCUT2D eigenvalue weighted by atomic mass is 9.99. The number of amides is 1. The summed E-state index contributed by atoms with van der Waals surface area (Å²) in [6.07, 6.45) is -0.0760. The molecule has 3 aromatic carbocycles. The van der Waals surface area contributed by atoms with Gasteiger partial charge in [0.05, 0.1) is 4.90 Å². The van der Waals surface area contributed by atoms with Gasteiger partial charge in [-0.05, 0) is 54.8 Å². The highest BCUT2D eigenvalue weighted by Gasteiger charge is 2.49. The Hall–Kier alpha value is -3.07. The Balaban J connectivity index is 1.74. The Kier molecular flexibility index (Phi) is 9.82. The first-order valence-electron chi connectivity index (χ1n) is 12.0. The van der Waals surface area contributed by atoms with Crippen LogP contribution in [0.25, 0.3) is 0 Å². The number of aliphatic carboxylic acids is 1. The number of carbonyl (C=O) groups is 2. The van der Waals surface area contributed by atoms with E-state index >= 15 is 0 Å².